The first-order chi connectivity index (χ1) is 25.7. The van der Waals surface area contributed by atoms with Gasteiger partial charge in [0.1, 0.15) is 23.2 Å². The molecule has 3 fully saturated rings. The zero-order chi connectivity index (χ0) is 38.1. The summed E-state index contributed by atoms with van der Waals surface area (Å²) in [6, 6.07) is 8.57. The maximum Gasteiger partial charge on any atom is 0.433 e. The number of hydrogen-bond donors (Lipinski definition) is 2. The van der Waals surface area contributed by atoms with E-state index in [9.17, 15) is 32.3 Å². The number of pyridine rings is 1. The molecule has 1 aliphatic carbocycles. The lowest BCUT2D eigenvalue weighted by atomic mass is 9.79. The van der Waals surface area contributed by atoms with E-state index >= 15 is 4.39 Å². The Kier molecular flexibility index (Phi) is 9.07. The van der Waals surface area contributed by atoms with Crippen molar-refractivity contribution in [3.05, 3.63) is 86.9 Å². The minimum atomic E-state index is -4.68. The number of imide groups is 1. The number of rotatable bonds is 7. The largest absolute Gasteiger partial charge is 0.433 e. The van der Waals surface area contributed by atoms with Crippen molar-refractivity contribution in [2.24, 2.45) is 13.0 Å². The normalized spacial score (nSPS) is 21.4. The lowest BCUT2D eigenvalue weighted by Crippen LogP contribution is -2.44. The summed E-state index contributed by atoms with van der Waals surface area (Å²) in [5, 5.41) is 10.5. The number of carbonyl (C=O) groups excluding carboxylic acids is 3. The van der Waals surface area contributed by atoms with Crippen LogP contribution in [-0.2, 0) is 22.8 Å². The van der Waals surface area contributed by atoms with E-state index in [1.54, 1.807) is 19.2 Å². The second kappa shape index (κ2) is 13.6. The molecule has 12 nitrogen and oxygen atoms in total. The zero-order valence-electron chi connectivity index (χ0n) is 29.0. The molecule has 1 unspecified atom stereocenters. The van der Waals surface area contributed by atoms with Crippen LogP contribution in [0.15, 0.2) is 53.5 Å². The number of piperidine rings is 2. The number of imidazole rings is 1. The number of aryl methyl sites for hydroxylation is 1. The number of hydrogen-bond acceptors (Lipinski definition) is 7. The van der Waals surface area contributed by atoms with Crippen molar-refractivity contribution in [2.75, 3.05) is 25.0 Å². The highest BCUT2D eigenvalue weighted by atomic mass is 35.5. The molecule has 2 N–H and O–H groups in total. The van der Waals surface area contributed by atoms with Crippen LogP contribution in [-0.4, -0.2) is 66.2 Å². The molecule has 0 bridgehead atoms. The molecule has 0 radical (unpaired) electrons. The van der Waals surface area contributed by atoms with Crippen molar-refractivity contribution in [2.45, 2.75) is 62.7 Å². The number of nitrogens with zero attached hydrogens (tertiary/aromatic N) is 6. The fraction of sp³-hybridized carbons (Fsp3) is 0.405. The van der Waals surface area contributed by atoms with Crippen LogP contribution >= 0.6 is 11.6 Å². The molecule has 3 amide bonds. The van der Waals surface area contributed by atoms with Crippen LogP contribution in [0.2, 0.25) is 5.02 Å². The highest BCUT2D eigenvalue weighted by Crippen LogP contribution is 2.41. The molecule has 1 atom stereocenters. The highest BCUT2D eigenvalue weighted by Gasteiger charge is 2.37. The van der Waals surface area contributed by atoms with Gasteiger partial charge in [-0.3, -0.25) is 33.5 Å². The van der Waals surface area contributed by atoms with Crippen LogP contribution < -0.4 is 16.3 Å². The molecule has 5 heterocycles. The summed E-state index contributed by atoms with van der Waals surface area (Å²) in [6.45, 7) is 2.41. The van der Waals surface area contributed by atoms with E-state index in [0.717, 1.165) is 44.6 Å². The number of aromatic nitrogens is 5. The Labute approximate surface area is 310 Å². The predicted octanol–water partition coefficient (Wildman–Crippen LogP) is 5.96. The second-order valence-electron chi connectivity index (χ2n) is 14.4. The van der Waals surface area contributed by atoms with Gasteiger partial charge in [-0.25, -0.2) is 14.2 Å². The number of fused-ring (bicyclic) bond motifs is 2. The van der Waals surface area contributed by atoms with E-state index in [2.05, 4.69) is 20.5 Å². The van der Waals surface area contributed by atoms with E-state index < -0.39 is 35.4 Å². The Morgan fingerprint density at radius 1 is 1.06 bits per heavy atom. The van der Waals surface area contributed by atoms with E-state index in [-0.39, 0.29) is 52.9 Å². The van der Waals surface area contributed by atoms with Crippen molar-refractivity contribution in [1.29, 1.82) is 0 Å². The summed E-state index contributed by atoms with van der Waals surface area (Å²) in [6.07, 6.45) is 0.721. The molecule has 3 aliphatic rings. The summed E-state index contributed by atoms with van der Waals surface area (Å²) < 4.78 is 59.5. The van der Waals surface area contributed by atoms with Crippen LogP contribution in [0.5, 0.6) is 0 Å². The molecular formula is C37H35ClF4N8O4. The Hall–Kier alpha value is -5.09. The van der Waals surface area contributed by atoms with Gasteiger partial charge < -0.3 is 10.2 Å². The smallest absolute Gasteiger partial charge is 0.319 e. The van der Waals surface area contributed by atoms with Crippen LogP contribution in [0, 0.1) is 11.7 Å². The summed E-state index contributed by atoms with van der Waals surface area (Å²) in [7, 11) is 1.59. The molecule has 2 aromatic carbocycles. The molecule has 3 aromatic heterocycles. The second-order valence-corrected chi connectivity index (χ2v) is 14.8. The van der Waals surface area contributed by atoms with Gasteiger partial charge in [-0.05, 0) is 93.4 Å². The standard InChI is InChI=1S/C37H35ClF4N8O4/c1-47-33-28(50(36(47)54)29-7-8-31(51)45-35(29)53)6-5-24(39)32(33)20-9-11-48(12-10-20)17-19-13-22(14-19)49-18-21-15-27(23(38)16-26(21)46-49)44-34(52)25-3-2-4-30(43-25)37(40,41)42/h2-6,15-16,18-20,22,29H,7-14,17H2,1H3,(H,44,52)(H,45,51,53). The third-order valence-electron chi connectivity index (χ3n) is 11.0. The number of halogens is 5. The van der Waals surface area contributed by atoms with Gasteiger partial charge in [-0.1, -0.05) is 17.7 Å². The minimum absolute atomic E-state index is 0.110. The molecule has 54 heavy (non-hydrogen) atoms. The molecule has 2 aliphatic heterocycles. The summed E-state index contributed by atoms with van der Waals surface area (Å²) in [4.78, 5) is 56.3. The van der Waals surface area contributed by atoms with E-state index in [1.165, 1.54) is 27.3 Å². The first kappa shape index (κ1) is 35.9. The van der Waals surface area contributed by atoms with Crippen molar-refractivity contribution >= 4 is 56.9 Å². The average molecular weight is 767 g/mol. The van der Waals surface area contributed by atoms with Gasteiger partial charge in [0.05, 0.1) is 33.3 Å². The maximum absolute atomic E-state index is 15.5. The quantitative estimate of drug-likeness (QED) is 0.154. The number of likely N-dealkylation sites (tertiary alicyclic amines) is 1. The van der Waals surface area contributed by atoms with Crippen LogP contribution in [0.3, 0.4) is 0 Å². The van der Waals surface area contributed by atoms with Crippen molar-refractivity contribution in [1.82, 2.24) is 34.1 Å². The summed E-state index contributed by atoms with van der Waals surface area (Å²) in [5.74, 6) is -1.79. The lowest BCUT2D eigenvalue weighted by Gasteiger charge is -2.41. The van der Waals surface area contributed by atoms with Gasteiger partial charge in [0.2, 0.25) is 11.8 Å². The number of benzene rings is 2. The Morgan fingerprint density at radius 3 is 2.54 bits per heavy atom. The first-order valence-electron chi connectivity index (χ1n) is 17.7. The average Bonchev–Trinajstić information content (AvgIpc) is 3.63. The fourth-order valence-corrected chi connectivity index (χ4v) is 8.39. The fourth-order valence-electron chi connectivity index (χ4n) is 8.19. The molecule has 282 valence electrons. The molecule has 0 spiro atoms. The van der Waals surface area contributed by atoms with Gasteiger partial charge in [-0.2, -0.15) is 18.3 Å². The van der Waals surface area contributed by atoms with E-state index in [0.29, 0.717) is 46.3 Å². The summed E-state index contributed by atoms with van der Waals surface area (Å²) >= 11 is 6.42. The van der Waals surface area contributed by atoms with Crippen molar-refractivity contribution in [3.8, 4) is 0 Å². The van der Waals surface area contributed by atoms with Gasteiger partial charge in [-0.15, -0.1) is 0 Å². The minimum Gasteiger partial charge on any atom is -0.319 e. The summed E-state index contributed by atoms with van der Waals surface area (Å²) in [5.41, 5.74) is 0.330. The Morgan fingerprint density at radius 2 is 1.81 bits per heavy atom. The number of nitrogens with one attached hydrogen (secondary N) is 2. The van der Waals surface area contributed by atoms with Gasteiger partial charge in [0, 0.05) is 37.2 Å². The molecule has 5 aromatic rings. The molecular weight excluding hydrogens is 732 g/mol. The van der Waals surface area contributed by atoms with Crippen LogP contribution in [0.25, 0.3) is 21.9 Å². The topological polar surface area (TPSA) is 136 Å². The monoisotopic (exact) mass is 766 g/mol. The van der Waals surface area contributed by atoms with Crippen molar-refractivity contribution in [3.63, 3.8) is 0 Å². The molecule has 17 heteroatoms. The third-order valence-corrected chi connectivity index (χ3v) is 11.3. The van der Waals surface area contributed by atoms with Gasteiger partial charge in [0.25, 0.3) is 5.91 Å². The predicted molar refractivity (Wildman–Crippen MR) is 191 cm³/mol. The number of anilines is 1. The van der Waals surface area contributed by atoms with Crippen LogP contribution in [0.4, 0.5) is 23.2 Å². The van der Waals surface area contributed by atoms with Gasteiger partial charge in [0.15, 0.2) is 0 Å². The number of carbonyl (C=O) groups is 3. The van der Waals surface area contributed by atoms with Crippen molar-refractivity contribution < 1.29 is 31.9 Å². The van der Waals surface area contributed by atoms with E-state index in [4.69, 9.17) is 16.7 Å². The SMILES string of the molecule is Cn1c(=O)n(C2CCC(=O)NC2=O)c2ccc(F)c(C3CCN(CC4CC(n5cc6cc(NC(=O)c7cccc(C(F)(F)F)n7)c(Cl)cc6n5)C4)CC3)c21. The molecule has 8 rings (SSSR count). The molecule has 1 saturated carbocycles. The van der Waals surface area contributed by atoms with E-state index in [1.807, 2.05) is 10.9 Å². The lowest BCUT2D eigenvalue weighted by molar-refractivity contribution is -0.141. The Bertz CT molecular complexity index is 2390. The Balaban J connectivity index is 0.890. The zero-order valence-corrected chi connectivity index (χ0v) is 29.8. The number of amides is 3. The van der Waals surface area contributed by atoms with Gasteiger partial charge >= 0.3 is 11.9 Å². The first-order valence-corrected chi connectivity index (χ1v) is 18.1. The number of alkyl halides is 3. The third kappa shape index (κ3) is 6.54. The van der Waals surface area contributed by atoms with Crippen LogP contribution in [0.1, 0.15) is 78.3 Å². The molecule has 2 saturated heterocycles. The maximum atomic E-state index is 15.5. The highest BCUT2D eigenvalue weighted by molar-refractivity contribution is 6.34.